The summed E-state index contributed by atoms with van der Waals surface area (Å²) >= 11 is 5.69. The van der Waals surface area contributed by atoms with Crippen LogP contribution in [0.1, 0.15) is 15.9 Å². The fourth-order valence-corrected chi connectivity index (χ4v) is 2.22. The highest BCUT2D eigenvalue weighted by molar-refractivity contribution is 6.29. The van der Waals surface area contributed by atoms with Crippen molar-refractivity contribution in [1.29, 1.82) is 0 Å². The highest BCUT2D eigenvalue weighted by Gasteiger charge is 2.14. The van der Waals surface area contributed by atoms with Crippen LogP contribution in [0.4, 0.5) is 0 Å². The van der Waals surface area contributed by atoms with Gasteiger partial charge in [0.15, 0.2) is 18.1 Å². The Morgan fingerprint density at radius 1 is 1.21 bits per heavy atom. The summed E-state index contributed by atoms with van der Waals surface area (Å²) in [6.45, 7) is 0.0948. The zero-order chi connectivity index (χ0) is 16.9. The summed E-state index contributed by atoms with van der Waals surface area (Å²) in [7, 11) is 0. The lowest BCUT2D eigenvalue weighted by atomic mass is 10.2. The Labute approximate surface area is 142 Å². The number of nitrogens with zero attached hydrogens (tertiary/aromatic N) is 1. The molecule has 8 heteroatoms. The van der Waals surface area contributed by atoms with E-state index in [0.717, 1.165) is 5.56 Å². The van der Waals surface area contributed by atoms with Gasteiger partial charge in [0.1, 0.15) is 5.15 Å². The van der Waals surface area contributed by atoms with E-state index in [4.69, 9.17) is 25.8 Å². The molecule has 1 aliphatic heterocycles. The van der Waals surface area contributed by atoms with Crippen LogP contribution in [0.2, 0.25) is 5.15 Å². The van der Waals surface area contributed by atoms with Gasteiger partial charge in [-0.2, -0.15) is 0 Å². The molecule has 1 aliphatic rings. The molecule has 2 heterocycles. The highest BCUT2D eigenvalue weighted by atomic mass is 35.5. The van der Waals surface area contributed by atoms with E-state index in [1.165, 1.54) is 18.3 Å². The van der Waals surface area contributed by atoms with Crippen molar-refractivity contribution in [2.75, 3.05) is 13.4 Å². The summed E-state index contributed by atoms with van der Waals surface area (Å²) < 4.78 is 15.4. The molecule has 1 aromatic heterocycles. The zero-order valence-corrected chi connectivity index (χ0v) is 13.2. The molecule has 0 spiro atoms. The first-order valence-electron chi connectivity index (χ1n) is 7.06. The average Bonchev–Trinajstić information content (AvgIpc) is 3.05. The third-order valence-electron chi connectivity index (χ3n) is 3.22. The van der Waals surface area contributed by atoms with Gasteiger partial charge in [0.2, 0.25) is 6.79 Å². The maximum absolute atomic E-state index is 11.8. The van der Waals surface area contributed by atoms with E-state index in [1.807, 2.05) is 6.07 Å². The number of benzene rings is 1. The molecule has 3 rings (SSSR count). The highest BCUT2D eigenvalue weighted by Crippen LogP contribution is 2.32. The standard InChI is InChI=1S/C16H13ClN2O5/c17-14-6-11(3-4-18-14)16(21)22-8-15(20)19-7-10-1-2-12-13(5-10)24-9-23-12/h1-6H,7-9H2,(H,19,20). The first-order valence-corrected chi connectivity index (χ1v) is 7.43. The summed E-state index contributed by atoms with van der Waals surface area (Å²) in [4.78, 5) is 27.3. The fourth-order valence-electron chi connectivity index (χ4n) is 2.05. The molecule has 1 N–H and O–H groups in total. The van der Waals surface area contributed by atoms with E-state index in [9.17, 15) is 9.59 Å². The largest absolute Gasteiger partial charge is 0.454 e. The number of esters is 1. The Bertz CT molecular complexity index is 781. The topological polar surface area (TPSA) is 86.8 Å². The lowest BCUT2D eigenvalue weighted by Crippen LogP contribution is -2.28. The maximum Gasteiger partial charge on any atom is 0.338 e. The molecule has 0 atom stereocenters. The normalized spacial score (nSPS) is 11.9. The molecule has 0 aliphatic carbocycles. The predicted molar refractivity (Wildman–Crippen MR) is 83.9 cm³/mol. The van der Waals surface area contributed by atoms with Crippen LogP contribution in [0, 0.1) is 0 Å². The van der Waals surface area contributed by atoms with Gasteiger partial charge in [-0.25, -0.2) is 9.78 Å². The van der Waals surface area contributed by atoms with Gasteiger partial charge in [0.25, 0.3) is 5.91 Å². The van der Waals surface area contributed by atoms with Crippen molar-refractivity contribution in [1.82, 2.24) is 10.3 Å². The number of rotatable bonds is 5. The van der Waals surface area contributed by atoms with Gasteiger partial charge in [-0.05, 0) is 29.8 Å². The second-order valence-electron chi connectivity index (χ2n) is 4.91. The number of hydrogen-bond acceptors (Lipinski definition) is 6. The Hall–Kier alpha value is -2.80. The molecule has 1 amide bonds. The monoisotopic (exact) mass is 348 g/mol. The number of carbonyl (C=O) groups excluding carboxylic acids is 2. The van der Waals surface area contributed by atoms with Crippen molar-refractivity contribution in [3.8, 4) is 11.5 Å². The quantitative estimate of drug-likeness (QED) is 0.656. The van der Waals surface area contributed by atoms with E-state index in [-0.39, 0.29) is 30.7 Å². The maximum atomic E-state index is 11.8. The first-order chi connectivity index (χ1) is 11.6. The minimum Gasteiger partial charge on any atom is -0.454 e. The molecule has 1 aromatic carbocycles. The molecule has 0 fully saturated rings. The zero-order valence-electron chi connectivity index (χ0n) is 12.5. The number of halogens is 1. The minimum absolute atomic E-state index is 0.178. The molecule has 0 radical (unpaired) electrons. The van der Waals surface area contributed by atoms with E-state index >= 15 is 0 Å². The van der Waals surface area contributed by atoms with Crippen LogP contribution in [0.25, 0.3) is 0 Å². The molecule has 124 valence electrons. The average molecular weight is 349 g/mol. The molecule has 0 saturated heterocycles. The molecule has 0 unspecified atom stereocenters. The van der Waals surface area contributed by atoms with E-state index in [0.29, 0.717) is 11.5 Å². The van der Waals surface area contributed by atoms with Crippen LogP contribution in [-0.2, 0) is 16.1 Å². The van der Waals surface area contributed by atoms with Crippen LogP contribution in [0.3, 0.4) is 0 Å². The number of carbonyl (C=O) groups is 2. The van der Waals surface area contributed by atoms with E-state index < -0.39 is 11.9 Å². The van der Waals surface area contributed by atoms with Crippen LogP contribution in [0.15, 0.2) is 36.5 Å². The number of amides is 1. The summed E-state index contributed by atoms with van der Waals surface area (Å²) in [6.07, 6.45) is 1.39. The van der Waals surface area contributed by atoms with Crippen LogP contribution >= 0.6 is 11.6 Å². The summed E-state index contributed by atoms with van der Waals surface area (Å²) in [5, 5.41) is 2.83. The SMILES string of the molecule is O=C(COC(=O)c1ccnc(Cl)c1)NCc1ccc2c(c1)OCO2. The minimum atomic E-state index is -0.641. The van der Waals surface area contributed by atoms with Crippen LogP contribution < -0.4 is 14.8 Å². The van der Waals surface area contributed by atoms with Crippen molar-refractivity contribution in [3.05, 3.63) is 52.8 Å². The number of fused-ring (bicyclic) bond motifs is 1. The van der Waals surface area contributed by atoms with Gasteiger partial charge >= 0.3 is 5.97 Å². The van der Waals surface area contributed by atoms with Gasteiger partial charge in [0, 0.05) is 12.7 Å². The van der Waals surface area contributed by atoms with Gasteiger partial charge in [0.05, 0.1) is 5.56 Å². The van der Waals surface area contributed by atoms with Crippen molar-refractivity contribution < 1.29 is 23.8 Å². The lowest BCUT2D eigenvalue weighted by molar-refractivity contribution is -0.124. The molecular formula is C16H13ClN2O5. The molecule has 24 heavy (non-hydrogen) atoms. The van der Waals surface area contributed by atoms with Crippen molar-refractivity contribution >= 4 is 23.5 Å². The number of nitrogens with one attached hydrogen (secondary N) is 1. The molecule has 7 nitrogen and oxygen atoms in total. The van der Waals surface area contributed by atoms with Crippen LogP contribution in [0.5, 0.6) is 11.5 Å². The summed E-state index contributed by atoms with van der Waals surface area (Å²) in [5.74, 6) is 0.261. The Balaban J connectivity index is 1.47. The first kappa shape index (κ1) is 16.1. The third-order valence-corrected chi connectivity index (χ3v) is 3.43. The predicted octanol–water partition coefficient (Wildman–Crippen LogP) is 1.94. The van der Waals surface area contributed by atoms with Crippen molar-refractivity contribution in [3.63, 3.8) is 0 Å². The summed E-state index contributed by atoms with van der Waals surface area (Å²) in [6, 6.07) is 8.20. The molecule has 2 aromatic rings. The fraction of sp³-hybridized carbons (Fsp3) is 0.188. The van der Waals surface area contributed by atoms with E-state index in [2.05, 4.69) is 10.3 Å². The third kappa shape index (κ3) is 3.94. The lowest BCUT2D eigenvalue weighted by Gasteiger charge is -2.07. The van der Waals surface area contributed by atoms with Gasteiger partial charge in [-0.15, -0.1) is 0 Å². The van der Waals surface area contributed by atoms with Gasteiger partial charge in [-0.3, -0.25) is 4.79 Å². The smallest absolute Gasteiger partial charge is 0.338 e. The van der Waals surface area contributed by atoms with E-state index in [1.54, 1.807) is 12.1 Å². The molecule has 0 bridgehead atoms. The Morgan fingerprint density at radius 3 is 2.88 bits per heavy atom. The van der Waals surface area contributed by atoms with Gasteiger partial charge in [-0.1, -0.05) is 17.7 Å². The summed E-state index contributed by atoms with van der Waals surface area (Å²) in [5.41, 5.74) is 1.08. The number of hydrogen-bond donors (Lipinski definition) is 1. The second-order valence-corrected chi connectivity index (χ2v) is 5.29. The molecule has 0 saturated carbocycles. The Kier molecular flexibility index (Phi) is 4.81. The number of ether oxygens (including phenoxy) is 3. The number of pyridine rings is 1. The Morgan fingerprint density at radius 2 is 2.04 bits per heavy atom. The van der Waals surface area contributed by atoms with Gasteiger partial charge < -0.3 is 19.5 Å². The van der Waals surface area contributed by atoms with Crippen molar-refractivity contribution in [2.45, 2.75) is 6.54 Å². The number of aromatic nitrogens is 1. The van der Waals surface area contributed by atoms with Crippen molar-refractivity contribution in [2.24, 2.45) is 0 Å². The molecular weight excluding hydrogens is 336 g/mol. The second kappa shape index (κ2) is 7.18. The van der Waals surface area contributed by atoms with Crippen LogP contribution in [-0.4, -0.2) is 30.3 Å².